The smallest absolute Gasteiger partial charge is 0.233 e. The predicted molar refractivity (Wildman–Crippen MR) is 56.0 cm³/mol. The number of rotatable bonds is 2. The van der Waals surface area contributed by atoms with Gasteiger partial charge in [0.05, 0.1) is 11.1 Å². The van der Waals surface area contributed by atoms with Crippen LogP contribution in [0.5, 0.6) is 0 Å². The molecule has 1 unspecified atom stereocenters. The molecule has 2 amide bonds. The minimum atomic E-state index is -1.11. The molecule has 1 saturated heterocycles. The Morgan fingerprint density at radius 3 is 2.00 bits per heavy atom. The van der Waals surface area contributed by atoms with E-state index < -0.39 is 11.1 Å². The van der Waals surface area contributed by atoms with Crippen molar-refractivity contribution < 1.29 is 14.7 Å². The first kappa shape index (κ1) is 12.2. The molecule has 4 nitrogen and oxygen atoms in total. The molecule has 1 aliphatic rings. The van der Waals surface area contributed by atoms with Crippen LogP contribution in [0, 0.1) is 5.92 Å². The second kappa shape index (κ2) is 3.30. The summed E-state index contributed by atoms with van der Waals surface area (Å²) < 4.78 is 0. The van der Waals surface area contributed by atoms with Crippen LogP contribution in [0.3, 0.4) is 0 Å². The maximum absolute atomic E-state index is 11.8. The molecule has 0 saturated carbocycles. The van der Waals surface area contributed by atoms with Crippen molar-refractivity contribution in [1.29, 1.82) is 0 Å². The summed E-state index contributed by atoms with van der Waals surface area (Å²) in [6.45, 7) is 8.37. The molecule has 0 aromatic heterocycles. The summed E-state index contributed by atoms with van der Waals surface area (Å²) in [4.78, 5) is 24.7. The Balaban J connectivity index is 3.08. The summed E-state index contributed by atoms with van der Waals surface area (Å²) >= 11 is 0. The Morgan fingerprint density at radius 2 is 1.73 bits per heavy atom. The third-order valence-electron chi connectivity index (χ3n) is 3.43. The molecular weight excluding hydrogens is 194 g/mol. The van der Waals surface area contributed by atoms with Crippen molar-refractivity contribution in [2.45, 2.75) is 52.2 Å². The van der Waals surface area contributed by atoms with Crippen molar-refractivity contribution in [3.8, 4) is 0 Å². The van der Waals surface area contributed by atoms with Crippen LogP contribution in [0.15, 0.2) is 0 Å². The highest BCUT2D eigenvalue weighted by Crippen LogP contribution is 2.34. The van der Waals surface area contributed by atoms with Crippen LogP contribution in [0.25, 0.3) is 0 Å². The van der Waals surface area contributed by atoms with Crippen LogP contribution in [0.1, 0.15) is 41.0 Å². The molecule has 4 heteroatoms. The first-order valence-corrected chi connectivity index (χ1v) is 5.18. The molecule has 0 aromatic carbocycles. The Hall–Kier alpha value is -0.900. The number of nitrogens with zero attached hydrogens (tertiary/aromatic N) is 1. The lowest BCUT2D eigenvalue weighted by Crippen LogP contribution is -2.60. The van der Waals surface area contributed by atoms with Gasteiger partial charge < -0.3 is 5.11 Å². The van der Waals surface area contributed by atoms with Crippen LogP contribution < -0.4 is 0 Å². The number of hydrogen-bond donors (Lipinski definition) is 1. The number of carbonyl (C=O) groups excluding carboxylic acids is 2. The number of carbonyl (C=O) groups is 2. The van der Waals surface area contributed by atoms with E-state index >= 15 is 0 Å². The van der Waals surface area contributed by atoms with Crippen molar-refractivity contribution in [3.63, 3.8) is 0 Å². The fraction of sp³-hybridized carbons (Fsp3) is 0.818. The van der Waals surface area contributed by atoms with E-state index in [1.54, 1.807) is 34.6 Å². The zero-order valence-corrected chi connectivity index (χ0v) is 10.00. The van der Waals surface area contributed by atoms with Gasteiger partial charge in [0.2, 0.25) is 11.8 Å². The number of imide groups is 1. The van der Waals surface area contributed by atoms with Crippen molar-refractivity contribution in [3.05, 3.63) is 0 Å². The fourth-order valence-corrected chi connectivity index (χ4v) is 1.64. The molecule has 1 N–H and O–H groups in total. The van der Waals surface area contributed by atoms with Gasteiger partial charge in [0.15, 0.2) is 0 Å². The highest BCUT2D eigenvalue weighted by Gasteiger charge is 2.50. The van der Waals surface area contributed by atoms with Gasteiger partial charge in [-0.05, 0) is 27.7 Å². The highest BCUT2D eigenvalue weighted by atomic mass is 16.3. The van der Waals surface area contributed by atoms with Gasteiger partial charge in [0.1, 0.15) is 0 Å². The molecule has 1 rings (SSSR count). The number of hydrogen-bond acceptors (Lipinski definition) is 3. The summed E-state index contributed by atoms with van der Waals surface area (Å²) in [6.07, 6.45) is 0.248. The first-order valence-electron chi connectivity index (χ1n) is 5.18. The molecule has 0 aliphatic carbocycles. The monoisotopic (exact) mass is 213 g/mol. The summed E-state index contributed by atoms with van der Waals surface area (Å²) in [6, 6.07) is 0. The van der Waals surface area contributed by atoms with E-state index in [4.69, 9.17) is 0 Å². The van der Waals surface area contributed by atoms with Gasteiger partial charge >= 0.3 is 0 Å². The summed E-state index contributed by atoms with van der Waals surface area (Å²) in [5.74, 6) is -0.647. The predicted octanol–water partition coefficient (Wildman–Crippen LogP) is 0.931. The Morgan fingerprint density at radius 1 is 1.27 bits per heavy atom. The Labute approximate surface area is 90.3 Å². The van der Waals surface area contributed by atoms with E-state index in [2.05, 4.69) is 0 Å². The zero-order valence-electron chi connectivity index (χ0n) is 10.00. The molecule has 1 heterocycles. The lowest BCUT2D eigenvalue weighted by molar-refractivity contribution is -0.156. The molecule has 1 aliphatic heterocycles. The molecule has 0 bridgehead atoms. The largest absolute Gasteiger partial charge is 0.388 e. The summed E-state index contributed by atoms with van der Waals surface area (Å²) in [5, 5.41) is 9.98. The third-order valence-corrected chi connectivity index (χ3v) is 3.43. The third kappa shape index (κ3) is 1.78. The van der Waals surface area contributed by atoms with E-state index in [0.29, 0.717) is 0 Å². The maximum atomic E-state index is 11.8. The van der Waals surface area contributed by atoms with Crippen LogP contribution in [-0.2, 0) is 9.59 Å². The summed E-state index contributed by atoms with van der Waals surface area (Å²) in [7, 11) is 0. The van der Waals surface area contributed by atoms with Gasteiger partial charge in [-0.2, -0.15) is 0 Å². The molecule has 0 spiro atoms. The highest BCUT2D eigenvalue weighted by molar-refractivity contribution is 6.04. The van der Waals surface area contributed by atoms with Gasteiger partial charge in [0, 0.05) is 12.3 Å². The van der Waals surface area contributed by atoms with E-state index in [9.17, 15) is 14.7 Å². The molecule has 1 atom stereocenters. The van der Waals surface area contributed by atoms with Crippen molar-refractivity contribution >= 4 is 11.8 Å². The van der Waals surface area contributed by atoms with Crippen molar-refractivity contribution in [2.75, 3.05) is 0 Å². The molecule has 1 fully saturated rings. The topological polar surface area (TPSA) is 57.6 Å². The number of aliphatic hydroxyl groups is 1. The molecular formula is C11H19NO3. The van der Waals surface area contributed by atoms with Gasteiger partial charge in [0.25, 0.3) is 0 Å². The number of amides is 2. The maximum Gasteiger partial charge on any atom is 0.233 e. The minimum absolute atomic E-state index is 0.188. The second-order valence-corrected chi connectivity index (χ2v) is 5.29. The first-order chi connectivity index (χ1) is 6.59. The average Bonchev–Trinajstić information content (AvgIpc) is 2.24. The average molecular weight is 213 g/mol. The molecule has 15 heavy (non-hydrogen) atoms. The Bertz CT molecular complexity index is 301. The van der Waals surface area contributed by atoms with E-state index in [1.165, 1.54) is 4.90 Å². The fourth-order valence-electron chi connectivity index (χ4n) is 1.64. The SMILES string of the molecule is CC1CC(=O)N(C(C)(C)C(C)(C)O)C1=O. The van der Waals surface area contributed by atoms with E-state index in [0.717, 1.165) is 0 Å². The lowest BCUT2D eigenvalue weighted by Gasteiger charge is -2.43. The molecule has 0 aromatic rings. The Kier molecular flexibility index (Phi) is 2.68. The normalized spacial score (nSPS) is 23.9. The van der Waals surface area contributed by atoms with E-state index in [-0.39, 0.29) is 24.2 Å². The second-order valence-electron chi connectivity index (χ2n) is 5.29. The quantitative estimate of drug-likeness (QED) is 0.694. The van der Waals surface area contributed by atoms with Crippen LogP contribution >= 0.6 is 0 Å². The van der Waals surface area contributed by atoms with E-state index in [1.807, 2.05) is 0 Å². The van der Waals surface area contributed by atoms with Crippen molar-refractivity contribution in [2.24, 2.45) is 5.92 Å². The number of likely N-dealkylation sites (tertiary alicyclic amines) is 1. The molecule has 86 valence electrons. The standard InChI is InChI=1S/C11H19NO3/c1-7-6-8(13)12(9(7)14)10(2,3)11(4,5)15/h7,15H,6H2,1-5H3. The van der Waals surface area contributed by atoms with Gasteiger partial charge in [-0.25, -0.2) is 0 Å². The van der Waals surface area contributed by atoms with Crippen LogP contribution in [0.4, 0.5) is 0 Å². The lowest BCUT2D eigenvalue weighted by atomic mass is 9.84. The van der Waals surface area contributed by atoms with Crippen LogP contribution in [0.2, 0.25) is 0 Å². The van der Waals surface area contributed by atoms with Gasteiger partial charge in [-0.1, -0.05) is 6.92 Å². The van der Waals surface area contributed by atoms with Crippen molar-refractivity contribution in [1.82, 2.24) is 4.90 Å². The van der Waals surface area contributed by atoms with Crippen LogP contribution in [-0.4, -0.2) is 33.0 Å². The van der Waals surface area contributed by atoms with Gasteiger partial charge in [-0.3, -0.25) is 14.5 Å². The minimum Gasteiger partial charge on any atom is -0.388 e. The van der Waals surface area contributed by atoms with Gasteiger partial charge in [-0.15, -0.1) is 0 Å². The molecule has 0 radical (unpaired) electrons. The summed E-state index contributed by atoms with van der Waals surface area (Å²) in [5.41, 5.74) is -1.98. The zero-order chi connectivity index (χ0) is 12.0.